The van der Waals surface area contributed by atoms with Crippen molar-refractivity contribution in [3.8, 4) is 0 Å². The SMILES string of the molecule is CC(C1CC1)N(C)c1ccc(Cl)cc1CO. The van der Waals surface area contributed by atoms with Gasteiger partial charge in [0.1, 0.15) is 0 Å². The molecule has 0 saturated heterocycles. The number of anilines is 1. The lowest BCUT2D eigenvalue weighted by Gasteiger charge is -2.29. The van der Waals surface area contributed by atoms with Gasteiger partial charge in [-0.2, -0.15) is 0 Å². The van der Waals surface area contributed by atoms with Gasteiger partial charge in [-0.3, -0.25) is 0 Å². The van der Waals surface area contributed by atoms with Crippen LogP contribution < -0.4 is 4.90 Å². The number of hydrogen-bond acceptors (Lipinski definition) is 2. The van der Waals surface area contributed by atoms with Gasteiger partial charge in [0.15, 0.2) is 0 Å². The van der Waals surface area contributed by atoms with Gasteiger partial charge in [0.25, 0.3) is 0 Å². The molecule has 1 N–H and O–H groups in total. The van der Waals surface area contributed by atoms with E-state index in [1.807, 2.05) is 18.2 Å². The summed E-state index contributed by atoms with van der Waals surface area (Å²) in [5.74, 6) is 0.812. The fourth-order valence-electron chi connectivity index (χ4n) is 2.14. The first-order valence-corrected chi connectivity index (χ1v) is 6.13. The summed E-state index contributed by atoms with van der Waals surface area (Å²) >= 11 is 5.93. The fraction of sp³-hybridized carbons (Fsp3) is 0.538. The van der Waals surface area contributed by atoms with Gasteiger partial charge in [-0.05, 0) is 43.9 Å². The van der Waals surface area contributed by atoms with Crippen molar-refractivity contribution >= 4 is 17.3 Å². The Balaban J connectivity index is 2.23. The summed E-state index contributed by atoms with van der Waals surface area (Å²) in [4.78, 5) is 2.25. The number of aliphatic hydroxyl groups excluding tert-OH is 1. The predicted octanol–water partition coefficient (Wildman–Crippen LogP) is 3.07. The van der Waals surface area contributed by atoms with Gasteiger partial charge in [-0.1, -0.05) is 11.6 Å². The quantitative estimate of drug-likeness (QED) is 0.873. The van der Waals surface area contributed by atoms with Crippen molar-refractivity contribution in [2.75, 3.05) is 11.9 Å². The van der Waals surface area contributed by atoms with Crippen molar-refractivity contribution in [3.05, 3.63) is 28.8 Å². The molecule has 2 nitrogen and oxygen atoms in total. The molecule has 1 unspecified atom stereocenters. The standard InChI is InChI=1S/C13H18ClNO/c1-9(10-3-4-10)15(2)13-6-5-12(14)7-11(13)8-16/h5-7,9-10,16H,3-4,8H2,1-2H3. The van der Waals surface area contributed by atoms with E-state index >= 15 is 0 Å². The summed E-state index contributed by atoms with van der Waals surface area (Å²) in [7, 11) is 2.09. The molecule has 0 bridgehead atoms. The maximum atomic E-state index is 9.34. The highest BCUT2D eigenvalue weighted by molar-refractivity contribution is 6.30. The molecule has 0 aromatic heterocycles. The van der Waals surface area contributed by atoms with Crippen molar-refractivity contribution in [2.24, 2.45) is 5.92 Å². The van der Waals surface area contributed by atoms with E-state index in [1.54, 1.807) is 0 Å². The normalized spacial score (nSPS) is 17.2. The lowest BCUT2D eigenvalue weighted by atomic mass is 10.1. The highest BCUT2D eigenvalue weighted by Gasteiger charge is 2.31. The van der Waals surface area contributed by atoms with Crippen LogP contribution in [0.3, 0.4) is 0 Å². The summed E-state index contributed by atoms with van der Waals surface area (Å²) in [6, 6.07) is 6.25. The van der Waals surface area contributed by atoms with Crippen molar-refractivity contribution in [1.82, 2.24) is 0 Å². The van der Waals surface area contributed by atoms with Crippen LogP contribution in [0.25, 0.3) is 0 Å². The molecule has 1 fully saturated rings. The molecule has 1 aliphatic rings. The minimum Gasteiger partial charge on any atom is -0.392 e. The van der Waals surface area contributed by atoms with Gasteiger partial charge in [-0.15, -0.1) is 0 Å². The monoisotopic (exact) mass is 239 g/mol. The van der Waals surface area contributed by atoms with Gasteiger partial charge in [-0.25, -0.2) is 0 Å². The molecule has 1 aliphatic carbocycles. The summed E-state index contributed by atoms with van der Waals surface area (Å²) in [5, 5.41) is 10.0. The molecule has 0 radical (unpaired) electrons. The molecule has 1 saturated carbocycles. The minimum absolute atomic E-state index is 0.0393. The smallest absolute Gasteiger partial charge is 0.0702 e. The third kappa shape index (κ3) is 2.33. The van der Waals surface area contributed by atoms with E-state index in [-0.39, 0.29) is 6.61 Å². The highest BCUT2D eigenvalue weighted by atomic mass is 35.5. The van der Waals surface area contributed by atoms with Crippen LogP contribution in [-0.2, 0) is 6.61 Å². The van der Waals surface area contributed by atoms with Crippen LogP contribution in [0.15, 0.2) is 18.2 Å². The molecule has 2 rings (SSSR count). The lowest BCUT2D eigenvalue weighted by molar-refractivity contribution is 0.282. The van der Waals surface area contributed by atoms with Crippen molar-refractivity contribution in [1.29, 1.82) is 0 Å². The number of nitrogens with zero attached hydrogens (tertiary/aromatic N) is 1. The Morgan fingerprint density at radius 1 is 1.50 bits per heavy atom. The first-order valence-electron chi connectivity index (χ1n) is 5.75. The van der Waals surface area contributed by atoms with Gasteiger partial charge in [0.2, 0.25) is 0 Å². The Labute approximate surface area is 102 Å². The second kappa shape index (κ2) is 4.64. The van der Waals surface area contributed by atoms with Crippen LogP contribution in [0.2, 0.25) is 5.02 Å². The summed E-state index contributed by atoms with van der Waals surface area (Å²) in [6.07, 6.45) is 2.65. The first kappa shape index (κ1) is 11.7. The molecule has 0 aliphatic heterocycles. The molecule has 1 aromatic rings. The second-order valence-corrected chi connectivity index (χ2v) is 5.06. The topological polar surface area (TPSA) is 23.5 Å². The van der Waals surface area contributed by atoms with Crippen molar-refractivity contribution < 1.29 is 5.11 Å². The van der Waals surface area contributed by atoms with E-state index in [4.69, 9.17) is 11.6 Å². The predicted molar refractivity (Wildman–Crippen MR) is 68.0 cm³/mol. The van der Waals surface area contributed by atoms with Gasteiger partial charge < -0.3 is 10.0 Å². The molecule has 16 heavy (non-hydrogen) atoms. The Morgan fingerprint density at radius 2 is 2.19 bits per heavy atom. The van der Waals surface area contributed by atoms with E-state index in [0.29, 0.717) is 11.1 Å². The number of hydrogen-bond donors (Lipinski definition) is 1. The number of benzene rings is 1. The molecule has 1 atom stereocenters. The second-order valence-electron chi connectivity index (χ2n) is 4.62. The van der Waals surface area contributed by atoms with Gasteiger partial charge in [0.05, 0.1) is 6.61 Å². The average Bonchev–Trinajstić information content (AvgIpc) is 3.10. The molecular formula is C13H18ClNO. The Kier molecular flexibility index (Phi) is 3.41. The van der Waals surface area contributed by atoms with E-state index in [2.05, 4.69) is 18.9 Å². The Morgan fingerprint density at radius 3 is 2.75 bits per heavy atom. The fourth-order valence-corrected chi connectivity index (χ4v) is 2.33. The third-order valence-electron chi connectivity index (χ3n) is 3.51. The Hall–Kier alpha value is -0.730. The zero-order valence-corrected chi connectivity index (χ0v) is 10.5. The maximum Gasteiger partial charge on any atom is 0.0702 e. The van der Waals surface area contributed by atoms with Crippen LogP contribution >= 0.6 is 11.6 Å². The van der Waals surface area contributed by atoms with Crippen molar-refractivity contribution in [3.63, 3.8) is 0 Å². The largest absolute Gasteiger partial charge is 0.392 e. The summed E-state index contributed by atoms with van der Waals surface area (Å²) in [5.41, 5.74) is 1.99. The van der Waals surface area contributed by atoms with Crippen LogP contribution in [0, 0.1) is 5.92 Å². The van der Waals surface area contributed by atoms with E-state index in [9.17, 15) is 5.11 Å². The van der Waals surface area contributed by atoms with Gasteiger partial charge >= 0.3 is 0 Å². The average molecular weight is 240 g/mol. The zero-order valence-electron chi connectivity index (χ0n) is 9.78. The summed E-state index contributed by atoms with van der Waals surface area (Å²) in [6.45, 7) is 2.28. The van der Waals surface area contributed by atoms with Gasteiger partial charge in [0, 0.05) is 29.4 Å². The number of halogens is 1. The molecule has 0 amide bonds. The van der Waals surface area contributed by atoms with E-state index < -0.39 is 0 Å². The zero-order chi connectivity index (χ0) is 11.7. The molecule has 88 valence electrons. The highest BCUT2D eigenvalue weighted by Crippen LogP contribution is 2.37. The molecule has 0 spiro atoms. The summed E-state index contributed by atoms with van der Waals surface area (Å²) < 4.78 is 0. The van der Waals surface area contributed by atoms with Crippen LogP contribution in [0.5, 0.6) is 0 Å². The third-order valence-corrected chi connectivity index (χ3v) is 3.74. The van der Waals surface area contributed by atoms with Crippen molar-refractivity contribution in [2.45, 2.75) is 32.4 Å². The lowest BCUT2D eigenvalue weighted by Crippen LogP contribution is -2.31. The minimum atomic E-state index is 0.0393. The first-order chi connectivity index (χ1) is 7.63. The molecule has 1 aromatic carbocycles. The van der Waals surface area contributed by atoms with Crippen LogP contribution in [0.1, 0.15) is 25.3 Å². The molecular weight excluding hydrogens is 222 g/mol. The van der Waals surface area contributed by atoms with E-state index in [0.717, 1.165) is 17.2 Å². The van der Waals surface area contributed by atoms with E-state index in [1.165, 1.54) is 12.8 Å². The van der Waals surface area contributed by atoms with Crippen LogP contribution in [0.4, 0.5) is 5.69 Å². The van der Waals surface area contributed by atoms with Crippen LogP contribution in [-0.4, -0.2) is 18.2 Å². The number of aliphatic hydroxyl groups is 1. The molecule has 3 heteroatoms. The number of rotatable bonds is 4. The maximum absolute atomic E-state index is 9.34. The Bertz CT molecular complexity index is 376. The molecule has 0 heterocycles.